The summed E-state index contributed by atoms with van der Waals surface area (Å²) in [4.78, 5) is 44.1. The van der Waals surface area contributed by atoms with Crippen molar-refractivity contribution in [2.75, 3.05) is 11.5 Å². The summed E-state index contributed by atoms with van der Waals surface area (Å²) in [6.07, 6.45) is 0. The van der Waals surface area contributed by atoms with E-state index >= 15 is 0 Å². The van der Waals surface area contributed by atoms with Crippen LogP contribution in [0.5, 0.6) is 0 Å². The molecular formula is C14H23ClN4O6S2. The number of carbonyl (C=O) groups excluding carboxylic acids is 4. The van der Waals surface area contributed by atoms with Gasteiger partial charge in [-0.2, -0.15) is 11.8 Å². The Kier molecular flexibility index (Phi) is 6.82. The van der Waals surface area contributed by atoms with E-state index in [0.717, 1.165) is 0 Å². The van der Waals surface area contributed by atoms with E-state index in [4.69, 9.17) is 10.7 Å². The van der Waals surface area contributed by atoms with E-state index in [-0.39, 0.29) is 10.7 Å². The van der Waals surface area contributed by atoms with Crippen molar-refractivity contribution in [2.24, 2.45) is 0 Å². The summed E-state index contributed by atoms with van der Waals surface area (Å²) in [5, 5.41) is 8.96. The van der Waals surface area contributed by atoms with Gasteiger partial charge >= 0.3 is 12.1 Å². The van der Waals surface area contributed by atoms with Gasteiger partial charge in [0.05, 0.1) is 5.75 Å². The highest BCUT2D eigenvalue weighted by atomic mass is 35.7. The van der Waals surface area contributed by atoms with Gasteiger partial charge in [0.25, 0.3) is 11.8 Å². The molecule has 13 heteroatoms. The van der Waals surface area contributed by atoms with Crippen molar-refractivity contribution in [2.45, 2.75) is 50.4 Å². The highest BCUT2D eigenvalue weighted by Crippen LogP contribution is 2.28. The van der Waals surface area contributed by atoms with E-state index in [1.54, 1.807) is 18.7 Å². The van der Waals surface area contributed by atoms with Crippen LogP contribution >= 0.6 is 22.4 Å². The number of carbonyl (C=O) groups is 4. The Morgan fingerprint density at radius 2 is 1.33 bits per heavy atom. The maximum Gasteiger partial charge on any atom is 0.322 e. The first kappa shape index (κ1) is 23.5. The van der Waals surface area contributed by atoms with Crippen LogP contribution in [0.15, 0.2) is 0 Å². The fourth-order valence-corrected chi connectivity index (χ4v) is 4.54. The van der Waals surface area contributed by atoms with Gasteiger partial charge in [0, 0.05) is 21.2 Å². The maximum absolute atomic E-state index is 11.4. The van der Waals surface area contributed by atoms with Crippen LogP contribution in [0.1, 0.15) is 34.6 Å². The Balaban J connectivity index is 0.000000271. The molecule has 0 bridgehead atoms. The standard InChI is InChI=1S/C9H16N2O2S.C5H7ClN2O4S/c1-8(2,3)14-5-9(4)6(12)10-7(13)11-9;1-5(2-13(6,11)12)3(9)7-4(10)8-5/h5H2,1-4H3,(H2,10,11,12,13);2H2,1H3,(H2,7,8,9,10)/t9-;5-/m11/s1. The molecule has 0 spiro atoms. The molecule has 154 valence electrons. The molecule has 4 N–H and O–H groups in total. The highest BCUT2D eigenvalue weighted by Gasteiger charge is 2.45. The van der Waals surface area contributed by atoms with Gasteiger partial charge in [-0.05, 0) is 13.8 Å². The number of hydrogen-bond acceptors (Lipinski definition) is 7. The Hall–Kier alpha value is -1.53. The normalized spacial score (nSPS) is 27.9. The van der Waals surface area contributed by atoms with Crippen molar-refractivity contribution in [1.82, 2.24) is 21.3 Å². The molecule has 0 unspecified atom stereocenters. The number of amides is 6. The SMILES string of the molecule is CC(C)(C)SC[C@@]1(C)NC(=O)NC1=O.C[C@]1(CS(=O)(=O)Cl)NC(=O)NC1=O. The van der Waals surface area contributed by atoms with Gasteiger partial charge in [-0.25, -0.2) is 18.0 Å². The monoisotopic (exact) mass is 442 g/mol. The van der Waals surface area contributed by atoms with E-state index < -0.39 is 43.9 Å². The Morgan fingerprint density at radius 1 is 0.926 bits per heavy atom. The fraction of sp³-hybridized carbons (Fsp3) is 0.714. The predicted molar refractivity (Wildman–Crippen MR) is 102 cm³/mol. The third-order valence-corrected chi connectivity index (χ3v) is 6.33. The molecule has 0 aromatic heterocycles. The zero-order valence-electron chi connectivity index (χ0n) is 15.6. The Labute approximate surface area is 166 Å². The second-order valence-corrected chi connectivity index (χ2v) is 12.1. The smallest absolute Gasteiger partial charge is 0.322 e. The summed E-state index contributed by atoms with van der Waals surface area (Å²) >= 11 is 1.66. The molecule has 0 saturated carbocycles. The van der Waals surface area contributed by atoms with Crippen LogP contribution in [0.25, 0.3) is 0 Å². The molecule has 27 heavy (non-hydrogen) atoms. The topological polar surface area (TPSA) is 151 Å². The van der Waals surface area contributed by atoms with E-state index in [9.17, 15) is 27.6 Å². The van der Waals surface area contributed by atoms with Crippen molar-refractivity contribution >= 4 is 55.4 Å². The number of halogens is 1. The lowest BCUT2D eigenvalue weighted by atomic mass is 10.1. The average Bonchev–Trinajstić information content (AvgIpc) is 2.81. The molecule has 6 amide bonds. The zero-order valence-corrected chi connectivity index (χ0v) is 17.9. The molecule has 2 heterocycles. The van der Waals surface area contributed by atoms with Crippen molar-refractivity contribution < 1.29 is 27.6 Å². The number of hydrogen-bond donors (Lipinski definition) is 4. The van der Waals surface area contributed by atoms with Gasteiger partial charge in [0.2, 0.25) is 9.05 Å². The number of imide groups is 2. The number of rotatable bonds is 4. The van der Waals surface area contributed by atoms with Crippen LogP contribution in [-0.4, -0.2) is 59.6 Å². The quantitative estimate of drug-likeness (QED) is 0.360. The van der Waals surface area contributed by atoms with E-state index in [0.29, 0.717) is 5.75 Å². The number of thioether (sulfide) groups is 1. The summed E-state index contributed by atoms with van der Waals surface area (Å²) in [5.41, 5.74) is -2.22. The van der Waals surface area contributed by atoms with E-state index in [2.05, 4.69) is 36.7 Å². The van der Waals surface area contributed by atoms with Crippen LogP contribution < -0.4 is 21.3 Å². The van der Waals surface area contributed by atoms with Crippen LogP contribution in [0.3, 0.4) is 0 Å². The second kappa shape index (κ2) is 7.84. The van der Waals surface area contributed by atoms with Crippen LogP contribution in [0, 0.1) is 0 Å². The lowest BCUT2D eigenvalue weighted by Gasteiger charge is -2.25. The molecule has 0 aromatic rings. The predicted octanol–water partition coefficient (Wildman–Crippen LogP) is 0.269. The summed E-state index contributed by atoms with van der Waals surface area (Å²) in [6, 6.07) is -1.11. The van der Waals surface area contributed by atoms with Gasteiger partial charge in [0.15, 0.2) is 0 Å². The lowest BCUT2D eigenvalue weighted by molar-refractivity contribution is -0.123. The van der Waals surface area contributed by atoms with Gasteiger partial charge in [-0.3, -0.25) is 20.2 Å². The van der Waals surface area contributed by atoms with Gasteiger partial charge in [0.1, 0.15) is 11.1 Å². The highest BCUT2D eigenvalue weighted by molar-refractivity contribution is 8.13. The Morgan fingerprint density at radius 3 is 1.63 bits per heavy atom. The first-order chi connectivity index (χ1) is 12.0. The summed E-state index contributed by atoms with van der Waals surface area (Å²) in [5.74, 6) is -0.964. The molecule has 2 atom stereocenters. The van der Waals surface area contributed by atoms with E-state index in [1.165, 1.54) is 6.92 Å². The molecule has 10 nitrogen and oxygen atoms in total. The van der Waals surface area contributed by atoms with Gasteiger partial charge in [-0.15, -0.1) is 0 Å². The molecule has 2 fully saturated rings. The molecule has 0 aromatic carbocycles. The average molecular weight is 443 g/mol. The largest absolute Gasteiger partial charge is 0.323 e. The zero-order chi connectivity index (χ0) is 21.3. The maximum atomic E-state index is 11.4. The second-order valence-electron chi connectivity index (χ2n) is 7.56. The minimum absolute atomic E-state index is 0.0939. The third-order valence-electron chi connectivity index (χ3n) is 3.49. The molecule has 2 aliphatic heterocycles. The van der Waals surface area contributed by atoms with Crippen LogP contribution in [-0.2, 0) is 18.6 Å². The van der Waals surface area contributed by atoms with Crippen molar-refractivity contribution in [1.29, 1.82) is 0 Å². The fourth-order valence-electron chi connectivity index (χ4n) is 2.07. The molecule has 0 radical (unpaired) electrons. The van der Waals surface area contributed by atoms with Crippen molar-refractivity contribution in [3.05, 3.63) is 0 Å². The summed E-state index contributed by atoms with van der Waals surface area (Å²) in [7, 11) is 1.13. The summed E-state index contributed by atoms with van der Waals surface area (Å²) < 4.78 is 21.5. The summed E-state index contributed by atoms with van der Waals surface area (Å²) in [6.45, 7) is 9.26. The number of urea groups is 2. The van der Waals surface area contributed by atoms with Crippen molar-refractivity contribution in [3.8, 4) is 0 Å². The van der Waals surface area contributed by atoms with Gasteiger partial charge < -0.3 is 10.6 Å². The Bertz CT molecular complexity index is 766. The molecule has 2 rings (SSSR count). The number of nitrogens with one attached hydrogen (secondary N) is 4. The third kappa shape index (κ3) is 7.18. The first-order valence-electron chi connectivity index (χ1n) is 7.79. The van der Waals surface area contributed by atoms with Crippen LogP contribution in [0.2, 0.25) is 0 Å². The first-order valence-corrected chi connectivity index (χ1v) is 11.3. The minimum atomic E-state index is -3.83. The van der Waals surface area contributed by atoms with E-state index in [1.807, 2.05) is 5.32 Å². The minimum Gasteiger partial charge on any atom is -0.323 e. The molecule has 2 aliphatic rings. The van der Waals surface area contributed by atoms with Crippen LogP contribution in [0.4, 0.5) is 9.59 Å². The molecular weight excluding hydrogens is 420 g/mol. The lowest BCUT2D eigenvalue weighted by Crippen LogP contribution is -2.48. The van der Waals surface area contributed by atoms with Crippen molar-refractivity contribution in [3.63, 3.8) is 0 Å². The van der Waals surface area contributed by atoms with Gasteiger partial charge in [-0.1, -0.05) is 20.8 Å². The molecule has 0 aliphatic carbocycles. The molecule has 2 saturated heterocycles.